The van der Waals surface area contributed by atoms with Crippen molar-refractivity contribution in [3.8, 4) is 0 Å². The van der Waals surface area contributed by atoms with Crippen LogP contribution in [0.15, 0.2) is 37.6 Å². The highest BCUT2D eigenvalue weighted by molar-refractivity contribution is 6.31. The van der Waals surface area contributed by atoms with E-state index in [-0.39, 0.29) is 0 Å². The Morgan fingerprint density at radius 3 is 2.77 bits per heavy atom. The van der Waals surface area contributed by atoms with Gasteiger partial charge in [-0.25, -0.2) is 0 Å². The van der Waals surface area contributed by atoms with Crippen molar-refractivity contribution in [3.63, 3.8) is 0 Å². The van der Waals surface area contributed by atoms with Crippen molar-refractivity contribution in [2.75, 3.05) is 5.32 Å². The average Bonchev–Trinajstić information content (AvgIpc) is 2.04. The monoisotopic (exact) mass is 194 g/mol. The summed E-state index contributed by atoms with van der Waals surface area (Å²) in [6, 6.07) is 5.36. The van der Waals surface area contributed by atoms with Gasteiger partial charge in [0.05, 0.1) is 0 Å². The van der Waals surface area contributed by atoms with Crippen LogP contribution in [0.3, 0.4) is 0 Å². The lowest BCUT2D eigenvalue weighted by Gasteiger charge is -2.08. The van der Waals surface area contributed by atoms with Gasteiger partial charge in [0.25, 0.3) is 0 Å². The Labute approximate surface area is 82.7 Å². The number of hydrogen-bond acceptors (Lipinski definition) is 2. The number of anilines is 1. The summed E-state index contributed by atoms with van der Waals surface area (Å²) in [6.45, 7) is 7.22. The quantitative estimate of drug-likeness (QED) is 0.777. The Hall–Kier alpha value is -1.41. The molecule has 0 heterocycles. The van der Waals surface area contributed by atoms with E-state index < -0.39 is 0 Å². The first-order valence-corrected chi connectivity index (χ1v) is 4.14. The first-order chi connectivity index (χ1) is 6.15. The lowest BCUT2D eigenvalue weighted by Crippen LogP contribution is -1.99. The zero-order valence-corrected chi connectivity index (χ0v) is 7.93. The Morgan fingerprint density at radius 1 is 1.54 bits per heavy atom. The third-order valence-corrected chi connectivity index (χ3v) is 1.82. The Morgan fingerprint density at radius 2 is 2.23 bits per heavy atom. The summed E-state index contributed by atoms with van der Waals surface area (Å²) in [5, 5.41) is 3.58. The molecule has 0 fully saturated rings. The lowest BCUT2D eigenvalue weighted by atomic mass is 10.1. The fourth-order valence-corrected chi connectivity index (χ4v) is 1.20. The van der Waals surface area contributed by atoms with E-state index in [1.165, 1.54) is 0 Å². The lowest BCUT2D eigenvalue weighted by molar-refractivity contribution is 1.49. The molecule has 0 aromatic heterocycles. The second kappa shape index (κ2) is 4.01. The van der Waals surface area contributed by atoms with Crippen LogP contribution < -0.4 is 11.1 Å². The molecule has 0 aliphatic carbocycles. The van der Waals surface area contributed by atoms with Crippen LogP contribution >= 0.6 is 11.6 Å². The van der Waals surface area contributed by atoms with Gasteiger partial charge in [0, 0.05) is 22.0 Å². The molecule has 68 valence electrons. The van der Waals surface area contributed by atoms with Crippen molar-refractivity contribution in [2.45, 2.75) is 0 Å². The molecule has 0 saturated heterocycles. The highest BCUT2D eigenvalue weighted by Crippen LogP contribution is 2.23. The molecule has 0 aliphatic heterocycles. The summed E-state index contributed by atoms with van der Waals surface area (Å²) in [4.78, 5) is 0. The van der Waals surface area contributed by atoms with Crippen LogP contribution in [0.1, 0.15) is 5.56 Å². The molecule has 13 heavy (non-hydrogen) atoms. The number of benzene rings is 1. The van der Waals surface area contributed by atoms with E-state index in [1.54, 1.807) is 18.3 Å². The minimum Gasteiger partial charge on any atom is -0.399 e. The highest BCUT2D eigenvalue weighted by Gasteiger charge is 2.02. The van der Waals surface area contributed by atoms with Crippen LogP contribution in [0.4, 0.5) is 5.69 Å². The van der Waals surface area contributed by atoms with Crippen LogP contribution in [0, 0.1) is 0 Å². The van der Waals surface area contributed by atoms with Gasteiger partial charge in [0.1, 0.15) is 0 Å². The molecule has 3 N–H and O–H groups in total. The van der Waals surface area contributed by atoms with Gasteiger partial charge in [0.2, 0.25) is 0 Å². The van der Waals surface area contributed by atoms with Crippen molar-refractivity contribution in [1.29, 1.82) is 0 Å². The number of halogens is 1. The summed E-state index contributed by atoms with van der Waals surface area (Å²) in [5.74, 6) is 0. The van der Waals surface area contributed by atoms with Crippen LogP contribution in [-0.4, -0.2) is 0 Å². The van der Waals surface area contributed by atoms with E-state index in [4.69, 9.17) is 17.3 Å². The molecule has 0 bridgehead atoms. The third-order valence-electron chi connectivity index (χ3n) is 1.59. The van der Waals surface area contributed by atoms with E-state index in [9.17, 15) is 0 Å². The molecule has 0 unspecified atom stereocenters. The molecular weight excluding hydrogens is 184 g/mol. The second-order valence-corrected chi connectivity index (χ2v) is 3.00. The van der Waals surface area contributed by atoms with Crippen LogP contribution in [0.5, 0.6) is 0 Å². The maximum Gasteiger partial charge on any atom is 0.0488 e. The van der Waals surface area contributed by atoms with E-state index in [0.717, 1.165) is 11.3 Å². The number of rotatable bonds is 3. The van der Waals surface area contributed by atoms with E-state index in [0.29, 0.717) is 10.7 Å². The fraction of sp³-hybridized carbons (Fsp3) is 0. The van der Waals surface area contributed by atoms with Gasteiger partial charge < -0.3 is 11.1 Å². The summed E-state index contributed by atoms with van der Waals surface area (Å²) in [6.07, 6.45) is 1.57. The van der Waals surface area contributed by atoms with Crippen molar-refractivity contribution in [3.05, 3.63) is 48.1 Å². The molecule has 0 saturated carbocycles. The normalized spacial score (nSPS) is 9.31. The van der Waals surface area contributed by atoms with Gasteiger partial charge in [-0.15, -0.1) is 0 Å². The smallest absolute Gasteiger partial charge is 0.0488 e. The fourth-order valence-electron chi connectivity index (χ4n) is 1.03. The number of hydrogen-bond donors (Lipinski definition) is 2. The van der Waals surface area contributed by atoms with Gasteiger partial charge in [-0.05, 0) is 24.4 Å². The zero-order chi connectivity index (χ0) is 9.84. The van der Waals surface area contributed by atoms with Gasteiger partial charge in [-0.1, -0.05) is 24.8 Å². The van der Waals surface area contributed by atoms with Gasteiger partial charge >= 0.3 is 0 Å². The predicted molar refractivity (Wildman–Crippen MR) is 58.5 cm³/mol. The Bertz CT molecular complexity index is 345. The Kier molecular flexibility index (Phi) is 2.98. The highest BCUT2D eigenvalue weighted by atomic mass is 35.5. The van der Waals surface area contributed by atoms with Gasteiger partial charge in [-0.3, -0.25) is 0 Å². The molecule has 0 radical (unpaired) electrons. The first-order valence-electron chi connectivity index (χ1n) is 3.77. The standard InChI is InChI=1S/C10H11ClN2/c1-3-13-10-6-8(11)4-5-9(10)7(2)12/h3-6,13H,1-2,12H2. The molecule has 1 aromatic carbocycles. The molecule has 1 rings (SSSR count). The molecule has 0 aliphatic rings. The molecular formula is C10H11ClN2. The molecule has 0 spiro atoms. The van der Waals surface area contributed by atoms with E-state index >= 15 is 0 Å². The van der Waals surface area contributed by atoms with Gasteiger partial charge in [0.15, 0.2) is 0 Å². The van der Waals surface area contributed by atoms with Crippen molar-refractivity contribution in [2.24, 2.45) is 5.73 Å². The maximum absolute atomic E-state index is 5.81. The minimum absolute atomic E-state index is 0.501. The second-order valence-electron chi connectivity index (χ2n) is 2.56. The third kappa shape index (κ3) is 2.26. The molecule has 0 atom stereocenters. The minimum atomic E-state index is 0.501. The maximum atomic E-state index is 5.81. The van der Waals surface area contributed by atoms with Crippen molar-refractivity contribution >= 4 is 23.0 Å². The van der Waals surface area contributed by atoms with E-state index in [1.807, 2.05) is 6.07 Å². The molecule has 2 nitrogen and oxygen atoms in total. The molecule has 1 aromatic rings. The van der Waals surface area contributed by atoms with Crippen molar-refractivity contribution < 1.29 is 0 Å². The SMILES string of the molecule is C=CNc1cc(Cl)ccc1C(=C)N. The van der Waals surface area contributed by atoms with Gasteiger partial charge in [-0.2, -0.15) is 0 Å². The molecule has 0 amide bonds. The predicted octanol–water partition coefficient (Wildman–Crippen LogP) is 2.82. The number of nitrogens with one attached hydrogen (secondary N) is 1. The van der Waals surface area contributed by atoms with E-state index in [2.05, 4.69) is 18.5 Å². The number of nitrogens with two attached hydrogens (primary N) is 1. The van der Waals surface area contributed by atoms with Crippen LogP contribution in [-0.2, 0) is 0 Å². The average molecular weight is 195 g/mol. The summed E-state index contributed by atoms with van der Waals surface area (Å²) in [7, 11) is 0. The molecule has 3 heteroatoms. The summed E-state index contributed by atoms with van der Waals surface area (Å²) in [5.41, 5.74) is 7.74. The summed E-state index contributed by atoms with van der Waals surface area (Å²) < 4.78 is 0. The van der Waals surface area contributed by atoms with Crippen LogP contribution in [0.2, 0.25) is 5.02 Å². The zero-order valence-electron chi connectivity index (χ0n) is 7.18. The van der Waals surface area contributed by atoms with Crippen molar-refractivity contribution in [1.82, 2.24) is 0 Å². The first kappa shape index (κ1) is 9.68. The Balaban J connectivity index is 3.17. The summed E-state index contributed by atoms with van der Waals surface area (Å²) >= 11 is 5.81. The largest absolute Gasteiger partial charge is 0.399 e. The van der Waals surface area contributed by atoms with Crippen LogP contribution in [0.25, 0.3) is 5.70 Å². The topological polar surface area (TPSA) is 38.0 Å².